The molecular weight excluding hydrogens is 302 g/mol. The third kappa shape index (κ3) is 3.49. The zero-order valence-electron chi connectivity index (χ0n) is 15.2. The second-order valence-corrected chi connectivity index (χ2v) is 7.33. The molecule has 0 fully saturated rings. The van der Waals surface area contributed by atoms with Gasteiger partial charge in [0.2, 0.25) is 5.95 Å². The quantitative estimate of drug-likeness (QED) is 0.873. The predicted molar refractivity (Wildman–Crippen MR) is 98.6 cm³/mol. The molecule has 0 bridgehead atoms. The van der Waals surface area contributed by atoms with Gasteiger partial charge in [-0.15, -0.1) is 0 Å². The predicted octanol–water partition coefficient (Wildman–Crippen LogP) is 1.68. The van der Waals surface area contributed by atoms with E-state index >= 15 is 0 Å². The number of nitrogen functional groups attached to an aromatic ring is 1. The van der Waals surface area contributed by atoms with Gasteiger partial charge in [-0.2, -0.15) is 0 Å². The number of nitrogens with two attached hydrogens (primary N) is 1. The molecule has 0 saturated heterocycles. The van der Waals surface area contributed by atoms with Gasteiger partial charge in [-0.3, -0.25) is 0 Å². The molecule has 2 N–H and O–H groups in total. The summed E-state index contributed by atoms with van der Waals surface area (Å²) in [6.07, 6.45) is 2.07. The highest BCUT2D eigenvalue weighted by atomic mass is 16.5. The first-order chi connectivity index (χ1) is 11.5. The van der Waals surface area contributed by atoms with Crippen molar-refractivity contribution in [1.82, 2.24) is 19.4 Å². The van der Waals surface area contributed by atoms with Crippen molar-refractivity contribution >= 4 is 17.0 Å². The second kappa shape index (κ2) is 6.99. The third-order valence-corrected chi connectivity index (χ3v) is 4.58. The Hall–Kier alpha value is -1.79. The van der Waals surface area contributed by atoms with Crippen LogP contribution < -0.4 is 10.5 Å². The summed E-state index contributed by atoms with van der Waals surface area (Å²) in [4.78, 5) is 8.99. The zero-order valence-corrected chi connectivity index (χ0v) is 15.2. The molecule has 2 heterocycles. The van der Waals surface area contributed by atoms with Gasteiger partial charge in [0, 0.05) is 24.6 Å². The Kier molecular flexibility index (Phi) is 4.96. The standard InChI is InChI=1S/C18H29N5O/c1-21(2)8-5-9-23-17-14-10-13(11-22(3)4)12-24-16(14)7-6-15(17)20-18(23)19/h6-7,13H,5,8-12H2,1-4H3,(H2,19,20)/t13-/m1/s1. The number of fused-ring (bicyclic) bond motifs is 3. The minimum atomic E-state index is 0.504. The number of hydrogen-bond donors (Lipinski definition) is 1. The van der Waals surface area contributed by atoms with Gasteiger partial charge in [-0.05, 0) is 59.7 Å². The van der Waals surface area contributed by atoms with Gasteiger partial charge in [0.15, 0.2) is 0 Å². The van der Waals surface area contributed by atoms with Crippen LogP contribution in [0, 0.1) is 5.92 Å². The molecule has 0 aliphatic carbocycles. The van der Waals surface area contributed by atoms with Crippen LogP contribution in [0.25, 0.3) is 11.0 Å². The van der Waals surface area contributed by atoms with Crippen LogP contribution in [0.3, 0.4) is 0 Å². The lowest BCUT2D eigenvalue weighted by molar-refractivity contribution is 0.189. The van der Waals surface area contributed by atoms with E-state index < -0.39 is 0 Å². The van der Waals surface area contributed by atoms with Crippen LogP contribution in [-0.2, 0) is 13.0 Å². The highest BCUT2D eigenvalue weighted by Gasteiger charge is 2.25. The van der Waals surface area contributed by atoms with E-state index in [1.807, 2.05) is 12.1 Å². The Balaban J connectivity index is 1.93. The van der Waals surface area contributed by atoms with E-state index in [1.54, 1.807) is 0 Å². The number of imidazole rings is 1. The highest BCUT2D eigenvalue weighted by Crippen LogP contribution is 2.35. The van der Waals surface area contributed by atoms with E-state index in [-0.39, 0.29) is 0 Å². The average Bonchev–Trinajstić information content (AvgIpc) is 2.82. The maximum Gasteiger partial charge on any atom is 0.201 e. The topological polar surface area (TPSA) is 59.5 Å². The Morgan fingerprint density at radius 1 is 1.25 bits per heavy atom. The fourth-order valence-corrected chi connectivity index (χ4v) is 3.59. The van der Waals surface area contributed by atoms with Crippen molar-refractivity contribution in [3.05, 3.63) is 17.7 Å². The molecule has 6 heteroatoms. The molecule has 0 spiro atoms. The summed E-state index contributed by atoms with van der Waals surface area (Å²) in [6.45, 7) is 3.73. The number of rotatable bonds is 6. The Morgan fingerprint density at radius 3 is 2.75 bits per heavy atom. The Bertz CT molecular complexity index is 707. The lowest BCUT2D eigenvalue weighted by atomic mass is 9.95. The summed E-state index contributed by atoms with van der Waals surface area (Å²) in [7, 11) is 8.41. The molecular formula is C18H29N5O. The van der Waals surface area contributed by atoms with Crippen molar-refractivity contribution < 1.29 is 4.74 Å². The molecule has 1 aliphatic heterocycles. The van der Waals surface area contributed by atoms with Gasteiger partial charge in [-0.1, -0.05) is 0 Å². The summed E-state index contributed by atoms with van der Waals surface area (Å²) in [5.41, 5.74) is 9.61. The number of ether oxygens (including phenoxy) is 1. The second-order valence-electron chi connectivity index (χ2n) is 7.33. The third-order valence-electron chi connectivity index (χ3n) is 4.58. The lowest BCUT2D eigenvalue weighted by Crippen LogP contribution is -2.31. The summed E-state index contributed by atoms with van der Waals surface area (Å²) >= 11 is 0. The van der Waals surface area contributed by atoms with Crippen LogP contribution >= 0.6 is 0 Å². The fourth-order valence-electron chi connectivity index (χ4n) is 3.59. The molecule has 2 aromatic rings. The van der Waals surface area contributed by atoms with Gasteiger partial charge in [-0.25, -0.2) is 4.98 Å². The van der Waals surface area contributed by atoms with Crippen LogP contribution in [0.4, 0.5) is 5.95 Å². The van der Waals surface area contributed by atoms with Crippen molar-refractivity contribution in [2.24, 2.45) is 5.92 Å². The molecule has 0 radical (unpaired) electrons. The molecule has 24 heavy (non-hydrogen) atoms. The highest BCUT2D eigenvalue weighted by molar-refractivity contribution is 5.84. The van der Waals surface area contributed by atoms with Crippen molar-refractivity contribution in [1.29, 1.82) is 0 Å². The van der Waals surface area contributed by atoms with Gasteiger partial charge >= 0.3 is 0 Å². The van der Waals surface area contributed by atoms with Gasteiger partial charge in [0.05, 0.1) is 17.6 Å². The first-order valence-corrected chi connectivity index (χ1v) is 8.65. The molecule has 6 nitrogen and oxygen atoms in total. The number of aromatic nitrogens is 2. The van der Waals surface area contributed by atoms with Crippen LogP contribution in [0.5, 0.6) is 5.75 Å². The van der Waals surface area contributed by atoms with Gasteiger partial charge < -0.3 is 24.8 Å². The maximum absolute atomic E-state index is 6.21. The Morgan fingerprint density at radius 2 is 2.04 bits per heavy atom. The molecule has 132 valence electrons. The normalized spacial score (nSPS) is 17.5. The number of aryl methyl sites for hydroxylation is 1. The minimum absolute atomic E-state index is 0.504. The molecule has 3 rings (SSSR count). The van der Waals surface area contributed by atoms with Crippen molar-refractivity contribution in [2.75, 3.05) is 53.6 Å². The van der Waals surface area contributed by atoms with Gasteiger partial charge in [0.25, 0.3) is 0 Å². The average molecular weight is 331 g/mol. The molecule has 0 saturated carbocycles. The lowest BCUT2D eigenvalue weighted by Gasteiger charge is -2.28. The first kappa shape index (κ1) is 17.0. The summed E-state index contributed by atoms with van der Waals surface area (Å²) in [5.74, 6) is 2.10. The van der Waals surface area contributed by atoms with Crippen LogP contribution in [-0.4, -0.2) is 67.2 Å². The number of hydrogen-bond acceptors (Lipinski definition) is 5. The van der Waals surface area contributed by atoms with Crippen LogP contribution in [0.1, 0.15) is 12.0 Å². The number of anilines is 1. The smallest absolute Gasteiger partial charge is 0.201 e. The van der Waals surface area contributed by atoms with E-state index in [0.717, 1.165) is 55.9 Å². The van der Waals surface area contributed by atoms with E-state index in [9.17, 15) is 0 Å². The fraction of sp³-hybridized carbons (Fsp3) is 0.611. The Labute approximate surface area is 144 Å². The molecule has 1 atom stereocenters. The van der Waals surface area contributed by atoms with E-state index in [4.69, 9.17) is 10.5 Å². The van der Waals surface area contributed by atoms with Gasteiger partial charge in [0.1, 0.15) is 5.75 Å². The zero-order chi connectivity index (χ0) is 17.3. The number of benzene rings is 1. The summed E-state index contributed by atoms with van der Waals surface area (Å²) < 4.78 is 8.20. The molecule has 1 aromatic heterocycles. The van der Waals surface area contributed by atoms with E-state index in [1.165, 1.54) is 5.56 Å². The van der Waals surface area contributed by atoms with Crippen LogP contribution in [0.2, 0.25) is 0 Å². The molecule has 0 amide bonds. The SMILES string of the molecule is CN(C)CCCn1c(N)nc2ccc3c(c21)C[C@H](CN(C)C)CO3. The van der Waals surface area contributed by atoms with Crippen molar-refractivity contribution in [3.63, 3.8) is 0 Å². The molecule has 1 aromatic carbocycles. The summed E-state index contributed by atoms with van der Waals surface area (Å²) in [6, 6.07) is 4.07. The van der Waals surface area contributed by atoms with Crippen molar-refractivity contribution in [3.8, 4) is 5.75 Å². The molecule has 0 unspecified atom stereocenters. The van der Waals surface area contributed by atoms with E-state index in [0.29, 0.717) is 11.9 Å². The van der Waals surface area contributed by atoms with Crippen molar-refractivity contribution in [2.45, 2.75) is 19.4 Å². The number of nitrogens with zero attached hydrogens (tertiary/aromatic N) is 4. The molecule has 1 aliphatic rings. The largest absolute Gasteiger partial charge is 0.493 e. The van der Waals surface area contributed by atoms with Crippen LogP contribution in [0.15, 0.2) is 12.1 Å². The minimum Gasteiger partial charge on any atom is -0.493 e. The first-order valence-electron chi connectivity index (χ1n) is 8.65. The van der Waals surface area contributed by atoms with E-state index in [2.05, 4.69) is 47.5 Å². The summed E-state index contributed by atoms with van der Waals surface area (Å²) in [5, 5.41) is 0. The maximum atomic E-state index is 6.21. The monoisotopic (exact) mass is 331 g/mol.